The normalized spacial score (nSPS) is 12.2. The first-order valence-electron chi connectivity index (χ1n) is 6.38. The number of aliphatic imine (C=N–C) groups is 1. The summed E-state index contributed by atoms with van der Waals surface area (Å²) in [7, 11) is 0. The molecule has 2 rings (SSSR count). The zero-order valence-electron chi connectivity index (χ0n) is 11.4. The molecule has 0 radical (unpaired) electrons. The van der Waals surface area contributed by atoms with Crippen LogP contribution in [-0.2, 0) is 4.79 Å². The smallest absolute Gasteiger partial charge is 0.344 e. The Morgan fingerprint density at radius 2 is 1.86 bits per heavy atom. The molecule has 2 aromatic rings. The maximum absolute atomic E-state index is 10.7. The van der Waals surface area contributed by atoms with Crippen LogP contribution in [0.25, 0.3) is 0 Å². The summed E-state index contributed by atoms with van der Waals surface area (Å²) in [4.78, 5) is 14.9. The lowest BCUT2D eigenvalue weighted by Gasteiger charge is -2.09. The number of carbonyl (C=O) groups is 1. The Kier molecular flexibility index (Phi) is 4.56. The molecule has 0 heterocycles. The molecule has 0 bridgehead atoms. The lowest BCUT2D eigenvalue weighted by molar-refractivity contribution is -0.144. The van der Waals surface area contributed by atoms with E-state index in [-0.39, 0.29) is 5.75 Å². The number of carboxylic acids is 1. The summed E-state index contributed by atoms with van der Waals surface area (Å²) >= 11 is 0. The van der Waals surface area contributed by atoms with Crippen LogP contribution in [0.15, 0.2) is 53.5 Å². The molecule has 0 saturated carbocycles. The minimum atomic E-state index is -1.01. The Balaban J connectivity index is 2.06. The maximum Gasteiger partial charge on any atom is 0.344 e. The first-order valence-corrected chi connectivity index (χ1v) is 6.38. The van der Waals surface area contributed by atoms with Crippen LogP contribution in [0.3, 0.4) is 0 Å². The largest absolute Gasteiger partial charge is 0.506 e. The first kappa shape index (κ1) is 14.6. The molecule has 5 heteroatoms. The summed E-state index contributed by atoms with van der Waals surface area (Å²) in [5.74, 6) is -0.422. The van der Waals surface area contributed by atoms with Crippen molar-refractivity contribution in [3.05, 3.63) is 54.1 Å². The number of aliphatic carboxylic acids is 1. The van der Waals surface area contributed by atoms with Crippen LogP contribution < -0.4 is 4.74 Å². The molecule has 21 heavy (non-hydrogen) atoms. The monoisotopic (exact) mass is 285 g/mol. The van der Waals surface area contributed by atoms with Crippen molar-refractivity contribution < 1.29 is 19.7 Å². The zero-order chi connectivity index (χ0) is 15.2. The molecule has 0 spiro atoms. The molecular weight excluding hydrogens is 270 g/mol. The van der Waals surface area contributed by atoms with Gasteiger partial charge in [-0.25, -0.2) is 4.79 Å². The number of ether oxygens (including phenoxy) is 1. The maximum atomic E-state index is 10.7. The average Bonchev–Trinajstić information content (AvgIpc) is 2.48. The van der Waals surface area contributed by atoms with Gasteiger partial charge in [0.2, 0.25) is 0 Å². The Hall–Kier alpha value is -2.82. The first-order chi connectivity index (χ1) is 10.1. The standard InChI is InChI=1S/C16H15NO4/c1-11(16(19)20)21-13-8-6-12(7-9-13)10-17-14-4-2-3-5-15(14)18/h2-11,18H,1H3,(H,19,20)/t11-/m0/s1. The van der Waals surface area contributed by atoms with Gasteiger partial charge in [-0.2, -0.15) is 0 Å². The van der Waals surface area contributed by atoms with Crippen LogP contribution in [-0.4, -0.2) is 28.5 Å². The molecule has 2 N–H and O–H groups in total. The highest BCUT2D eigenvalue weighted by atomic mass is 16.5. The van der Waals surface area contributed by atoms with Crippen molar-refractivity contribution in [1.82, 2.24) is 0 Å². The van der Waals surface area contributed by atoms with Gasteiger partial charge in [0.15, 0.2) is 6.10 Å². The van der Waals surface area contributed by atoms with E-state index in [0.29, 0.717) is 11.4 Å². The number of rotatable bonds is 5. The van der Waals surface area contributed by atoms with Crippen LogP contribution in [0, 0.1) is 0 Å². The van der Waals surface area contributed by atoms with Gasteiger partial charge in [0.05, 0.1) is 0 Å². The van der Waals surface area contributed by atoms with Crippen LogP contribution >= 0.6 is 0 Å². The highest BCUT2D eigenvalue weighted by molar-refractivity contribution is 5.82. The van der Waals surface area contributed by atoms with Crippen molar-refractivity contribution in [2.45, 2.75) is 13.0 Å². The van der Waals surface area contributed by atoms with Gasteiger partial charge in [0, 0.05) is 6.21 Å². The summed E-state index contributed by atoms with van der Waals surface area (Å²) in [6.45, 7) is 1.47. The second kappa shape index (κ2) is 6.56. The van der Waals surface area contributed by atoms with Gasteiger partial charge in [-0.15, -0.1) is 0 Å². The van der Waals surface area contributed by atoms with E-state index in [1.165, 1.54) is 6.92 Å². The number of nitrogens with zero attached hydrogens (tertiary/aromatic N) is 1. The SMILES string of the molecule is C[C@H](Oc1ccc(C=Nc2ccccc2O)cc1)C(=O)O. The fraction of sp³-hybridized carbons (Fsp3) is 0.125. The molecule has 0 saturated heterocycles. The molecule has 0 aliphatic rings. The summed E-state index contributed by atoms with van der Waals surface area (Å²) in [6.07, 6.45) is 0.713. The molecule has 2 aromatic carbocycles. The minimum Gasteiger partial charge on any atom is -0.506 e. The molecule has 0 amide bonds. The fourth-order valence-electron chi connectivity index (χ4n) is 1.60. The van der Waals surface area contributed by atoms with Crippen molar-refractivity contribution in [2.24, 2.45) is 4.99 Å². The number of phenols is 1. The molecule has 108 valence electrons. The van der Waals surface area contributed by atoms with E-state index in [9.17, 15) is 9.90 Å². The predicted molar refractivity (Wildman–Crippen MR) is 79.5 cm³/mol. The molecule has 0 unspecified atom stereocenters. The third-order valence-corrected chi connectivity index (χ3v) is 2.78. The fourth-order valence-corrected chi connectivity index (χ4v) is 1.60. The van der Waals surface area contributed by atoms with Crippen LogP contribution in [0.5, 0.6) is 11.5 Å². The molecular formula is C16H15NO4. The van der Waals surface area contributed by atoms with E-state index in [2.05, 4.69) is 4.99 Å². The highest BCUT2D eigenvalue weighted by Gasteiger charge is 2.11. The van der Waals surface area contributed by atoms with Gasteiger partial charge >= 0.3 is 5.97 Å². The van der Waals surface area contributed by atoms with E-state index in [4.69, 9.17) is 9.84 Å². The average molecular weight is 285 g/mol. The van der Waals surface area contributed by atoms with Gasteiger partial charge in [0.1, 0.15) is 17.2 Å². The van der Waals surface area contributed by atoms with Crippen LogP contribution in [0.1, 0.15) is 12.5 Å². The predicted octanol–water partition coefficient (Wildman–Crippen LogP) is 2.99. The van der Waals surface area contributed by atoms with Crippen LogP contribution in [0.4, 0.5) is 5.69 Å². The van der Waals surface area contributed by atoms with E-state index in [0.717, 1.165) is 5.56 Å². The Morgan fingerprint density at radius 1 is 1.19 bits per heavy atom. The van der Waals surface area contributed by atoms with Gasteiger partial charge in [-0.05, 0) is 48.9 Å². The number of para-hydroxylation sites is 2. The second-order valence-electron chi connectivity index (χ2n) is 4.41. The van der Waals surface area contributed by atoms with Gasteiger partial charge in [-0.1, -0.05) is 12.1 Å². The topological polar surface area (TPSA) is 79.1 Å². The van der Waals surface area contributed by atoms with Gasteiger partial charge < -0.3 is 14.9 Å². The number of hydrogen-bond donors (Lipinski definition) is 2. The van der Waals surface area contributed by atoms with Gasteiger partial charge in [0.25, 0.3) is 0 Å². The number of carboxylic acid groups (broad SMARTS) is 1. The Labute approximate surface area is 122 Å². The van der Waals surface area contributed by atoms with Crippen molar-refractivity contribution in [1.29, 1.82) is 0 Å². The summed E-state index contributed by atoms with van der Waals surface area (Å²) in [5, 5.41) is 18.4. The Morgan fingerprint density at radius 3 is 2.48 bits per heavy atom. The lowest BCUT2D eigenvalue weighted by Crippen LogP contribution is -2.22. The van der Waals surface area contributed by atoms with E-state index >= 15 is 0 Å². The van der Waals surface area contributed by atoms with E-state index in [1.54, 1.807) is 54.7 Å². The number of aromatic hydroxyl groups is 1. The minimum absolute atomic E-state index is 0.115. The van der Waals surface area contributed by atoms with Crippen LogP contribution in [0.2, 0.25) is 0 Å². The molecule has 0 aromatic heterocycles. The van der Waals surface area contributed by atoms with E-state index < -0.39 is 12.1 Å². The van der Waals surface area contributed by atoms with Crippen molar-refractivity contribution >= 4 is 17.9 Å². The lowest BCUT2D eigenvalue weighted by atomic mass is 10.2. The van der Waals surface area contributed by atoms with Gasteiger partial charge in [-0.3, -0.25) is 4.99 Å². The van der Waals surface area contributed by atoms with E-state index in [1.807, 2.05) is 0 Å². The number of hydrogen-bond acceptors (Lipinski definition) is 4. The zero-order valence-corrected chi connectivity index (χ0v) is 11.4. The number of phenolic OH excluding ortho intramolecular Hbond substituents is 1. The summed E-state index contributed by atoms with van der Waals surface area (Å²) < 4.78 is 5.23. The van der Waals surface area contributed by atoms with Crippen molar-refractivity contribution in [3.8, 4) is 11.5 Å². The second-order valence-corrected chi connectivity index (χ2v) is 4.41. The third kappa shape index (κ3) is 4.07. The van der Waals surface area contributed by atoms with Crippen molar-refractivity contribution in [2.75, 3.05) is 0 Å². The Bertz CT molecular complexity index is 650. The summed E-state index contributed by atoms with van der Waals surface area (Å²) in [6, 6.07) is 13.6. The highest BCUT2D eigenvalue weighted by Crippen LogP contribution is 2.24. The van der Waals surface area contributed by atoms with Crippen molar-refractivity contribution in [3.63, 3.8) is 0 Å². The third-order valence-electron chi connectivity index (χ3n) is 2.78. The quantitative estimate of drug-likeness (QED) is 0.828. The molecule has 0 aliphatic carbocycles. The number of benzene rings is 2. The molecule has 1 atom stereocenters. The molecule has 0 aliphatic heterocycles. The molecule has 5 nitrogen and oxygen atoms in total. The summed E-state index contributed by atoms with van der Waals surface area (Å²) in [5.41, 5.74) is 1.30. The molecule has 0 fully saturated rings.